The Bertz CT molecular complexity index is 1090. The molecule has 5 atom stereocenters. The molecular formula is C30H39NO5. The highest BCUT2D eigenvalue weighted by Gasteiger charge is 2.50. The summed E-state index contributed by atoms with van der Waals surface area (Å²) in [6.45, 7) is 12.4. The number of hydrogen-bond acceptors (Lipinski definition) is 6. The number of carbonyl (C=O) groups excluding carboxylic acids is 1. The third-order valence-electron chi connectivity index (χ3n) is 7.74. The molecular weight excluding hydrogens is 454 g/mol. The molecule has 36 heavy (non-hydrogen) atoms. The highest BCUT2D eigenvalue weighted by Crippen LogP contribution is 2.54. The quantitative estimate of drug-likeness (QED) is 0.440. The van der Waals surface area contributed by atoms with Crippen LogP contribution in [0, 0.1) is 11.8 Å². The topological polar surface area (TPSA) is 91.0 Å². The number of hydrogen-bond donors (Lipinski definition) is 2. The van der Waals surface area contributed by atoms with Crippen LogP contribution >= 0.6 is 0 Å². The summed E-state index contributed by atoms with van der Waals surface area (Å²) in [6, 6.07) is 12.1. The van der Waals surface area contributed by atoms with Gasteiger partial charge in [-0.15, -0.1) is 13.2 Å². The molecule has 0 spiro atoms. The van der Waals surface area contributed by atoms with Crippen LogP contribution in [0.4, 0.5) is 0 Å². The fourth-order valence-corrected chi connectivity index (χ4v) is 5.91. The van der Waals surface area contributed by atoms with Gasteiger partial charge in [0.25, 0.3) is 0 Å². The molecule has 0 aliphatic heterocycles. The maximum Gasteiger partial charge on any atom is 0.337 e. The SMILES string of the molecule is C=C.COc1ccc(OC)c2c1CC1C(OC(=O)C(O)[C@@H](N)c3ccccc3)C(C)=CCC1C2(C)C. The van der Waals surface area contributed by atoms with Gasteiger partial charge in [-0.05, 0) is 54.4 Å². The minimum absolute atomic E-state index is 0.0394. The van der Waals surface area contributed by atoms with Gasteiger partial charge in [0, 0.05) is 17.0 Å². The van der Waals surface area contributed by atoms with Crippen LogP contribution in [-0.2, 0) is 21.4 Å². The Morgan fingerprint density at radius 2 is 1.69 bits per heavy atom. The van der Waals surface area contributed by atoms with Crippen molar-refractivity contribution in [3.63, 3.8) is 0 Å². The van der Waals surface area contributed by atoms with Crippen molar-refractivity contribution in [2.24, 2.45) is 17.6 Å². The predicted octanol–water partition coefficient (Wildman–Crippen LogP) is 4.89. The Morgan fingerprint density at radius 1 is 1.08 bits per heavy atom. The van der Waals surface area contributed by atoms with Crippen LogP contribution in [0.3, 0.4) is 0 Å². The average Bonchev–Trinajstić information content (AvgIpc) is 2.90. The van der Waals surface area contributed by atoms with Gasteiger partial charge in [0.2, 0.25) is 0 Å². The molecule has 2 aliphatic rings. The smallest absolute Gasteiger partial charge is 0.337 e. The molecule has 194 valence electrons. The normalized spacial score (nSPS) is 23.4. The zero-order valence-corrected chi connectivity index (χ0v) is 22.0. The van der Waals surface area contributed by atoms with Crippen LogP contribution in [0.5, 0.6) is 11.5 Å². The number of aliphatic hydroxyl groups excluding tert-OH is 1. The third kappa shape index (κ3) is 4.93. The summed E-state index contributed by atoms with van der Waals surface area (Å²) >= 11 is 0. The van der Waals surface area contributed by atoms with E-state index in [2.05, 4.69) is 33.1 Å². The van der Waals surface area contributed by atoms with Crippen LogP contribution in [0.2, 0.25) is 0 Å². The molecule has 0 bridgehead atoms. The number of benzene rings is 2. The number of allylic oxidation sites excluding steroid dienone is 1. The van der Waals surface area contributed by atoms with Crippen molar-refractivity contribution in [1.82, 2.24) is 0 Å². The molecule has 6 heteroatoms. The monoisotopic (exact) mass is 493 g/mol. The molecule has 0 heterocycles. The first-order chi connectivity index (χ1) is 17.2. The van der Waals surface area contributed by atoms with E-state index in [0.29, 0.717) is 12.0 Å². The predicted molar refractivity (Wildman–Crippen MR) is 142 cm³/mol. The van der Waals surface area contributed by atoms with E-state index in [1.54, 1.807) is 26.4 Å². The molecule has 3 N–H and O–H groups in total. The molecule has 4 unspecified atom stereocenters. The first-order valence-electron chi connectivity index (χ1n) is 12.3. The van der Waals surface area contributed by atoms with Gasteiger partial charge in [0.05, 0.1) is 20.3 Å². The fourth-order valence-electron chi connectivity index (χ4n) is 5.91. The van der Waals surface area contributed by atoms with E-state index in [1.165, 1.54) is 0 Å². The van der Waals surface area contributed by atoms with E-state index in [1.807, 2.05) is 37.3 Å². The lowest BCUT2D eigenvalue weighted by atomic mass is 9.56. The minimum Gasteiger partial charge on any atom is -0.496 e. The summed E-state index contributed by atoms with van der Waals surface area (Å²) in [4.78, 5) is 13.1. The van der Waals surface area contributed by atoms with Crippen molar-refractivity contribution in [3.8, 4) is 11.5 Å². The molecule has 4 rings (SSSR count). The Balaban J connectivity index is 0.00000176. The lowest BCUT2D eigenvalue weighted by Gasteiger charge is -2.50. The summed E-state index contributed by atoms with van der Waals surface area (Å²) in [5.74, 6) is 1.23. The summed E-state index contributed by atoms with van der Waals surface area (Å²) in [7, 11) is 3.36. The number of nitrogens with two attached hydrogens (primary N) is 1. The van der Waals surface area contributed by atoms with E-state index in [4.69, 9.17) is 19.9 Å². The number of carbonyl (C=O) groups is 1. The van der Waals surface area contributed by atoms with Crippen LogP contribution in [0.15, 0.2) is 67.3 Å². The zero-order valence-electron chi connectivity index (χ0n) is 22.0. The van der Waals surface area contributed by atoms with Crippen molar-refractivity contribution in [2.75, 3.05) is 14.2 Å². The molecule has 0 aromatic heterocycles. The second-order valence-electron chi connectivity index (χ2n) is 9.94. The van der Waals surface area contributed by atoms with Gasteiger partial charge in [-0.3, -0.25) is 0 Å². The lowest BCUT2D eigenvalue weighted by molar-refractivity contribution is -0.163. The lowest BCUT2D eigenvalue weighted by Crippen LogP contribution is -2.49. The Kier molecular flexibility index (Phi) is 8.64. The number of ether oxygens (including phenoxy) is 3. The van der Waals surface area contributed by atoms with Gasteiger partial charge in [0.1, 0.15) is 17.6 Å². The number of fused-ring (bicyclic) bond motifs is 2. The fraction of sp³-hybridized carbons (Fsp3) is 0.433. The van der Waals surface area contributed by atoms with Gasteiger partial charge >= 0.3 is 5.97 Å². The van der Waals surface area contributed by atoms with Crippen molar-refractivity contribution in [1.29, 1.82) is 0 Å². The maximum absolute atomic E-state index is 13.1. The summed E-state index contributed by atoms with van der Waals surface area (Å²) in [5, 5.41) is 10.7. The van der Waals surface area contributed by atoms with Crippen molar-refractivity contribution >= 4 is 5.97 Å². The van der Waals surface area contributed by atoms with E-state index < -0.39 is 24.2 Å². The molecule has 6 nitrogen and oxygen atoms in total. The average molecular weight is 494 g/mol. The van der Waals surface area contributed by atoms with E-state index in [9.17, 15) is 9.90 Å². The van der Waals surface area contributed by atoms with Crippen LogP contribution in [0.25, 0.3) is 0 Å². The standard InChI is InChI=1S/C28H35NO5.C2H4/c1-16-11-12-20-18(15-19-21(32-4)13-14-22(33-5)23(19)28(20,2)3)26(16)34-27(31)25(30)24(29)17-9-7-6-8-10-17;1-2/h6-11,13-14,18,20,24-26,30H,12,15,29H2,1-5H3;1-2H2/t18?,20?,24-,25?,26?;/m0./s1. The number of esters is 1. The first-order valence-corrected chi connectivity index (χ1v) is 12.3. The van der Waals surface area contributed by atoms with E-state index in [-0.39, 0.29) is 17.3 Å². The second kappa shape index (κ2) is 11.3. The van der Waals surface area contributed by atoms with Crippen molar-refractivity contribution < 1.29 is 24.1 Å². The van der Waals surface area contributed by atoms with Gasteiger partial charge in [-0.2, -0.15) is 0 Å². The van der Waals surface area contributed by atoms with Crippen LogP contribution < -0.4 is 15.2 Å². The van der Waals surface area contributed by atoms with Crippen molar-refractivity contribution in [2.45, 2.75) is 57.3 Å². The highest BCUT2D eigenvalue weighted by atomic mass is 16.6. The molecule has 0 saturated carbocycles. The molecule has 0 saturated heterocycles. The molecule has 0 fully saturated rings. The molecule has 0 radical (unpaired) electrons. The first kappa shape index (κ1) is 27.5. The Labute approximate surface area is 214 Å². The molecule has 2 aliphatic carbocycles. The minimum atomic E-state index is -1.45. The van der Waals surface area contributed by atoms with Gasteiger partial charge in [-0.1, -0.05) is 50.3 Å². The second-order valence-corrected chi connectivity index (χ2v) is 9.94. The summed E-state index contributed by atoms with van der Waals surface area (Å²) in [6.07, 6.45) is 1.82. The number of methoxy groups -OCH3 is 2. The van der Waals surface area contributed by atoms with Gasteiger partial charge in [-0.25, -0.2) is 4.79 Å². The Morgan fingerprint density at radius 3 is 2.31 bits per heavy atom. The van der Waals surface area contributed by atoms with Crippen LogP contribution in [-0.4, -0.2) is 37.5 Å². The molecule has 2 aromatic carbocycles. The van der Waals surface area contributed by atoms with E-state index >= 15 is 0 Å². The molecule has 2 aromatic rings. The zero-order chi connectivity index (χ0) is 26.6. The number of rotatable bonds is 6. The van der Waals surface area contributed by atoms with E-state index in [0.717, 1.165) is 34.6 Å². The summed E-state index contributed by atoms with van der Waals surface area (Å²) < 4.78 is 17.5. The largest absolute Gasteiger partial charge is 0.496 e. The Hall–Kier alpha value is -3.09. The van der Waals surface area contributed by atoms with Crippen LogP contribution in [0.1, 0.15) is 49.9 Å². The third-order valence-corrected chi connectivity index (χ3v) is 7.74. The van der Waals surface area contributed by atoms with Gasteiger partial charge < -0.3 is 25.1 Å². The maximum atomic E-state index is 13.1. The highest BCUT2D eigenvalue weighted by molar-refractivity contribution is 5.76. The number of aliphatic hydroxyl groups is 1. The van der Waals surface area contributed by atoms with Gasteiger partial charge in [0.15, 0.2) is 6.10 Å². The summed E-state index contributed by atoms with van der Waals surface area (Å²) in [5.41, 5.74) is 9.88. The molecule has 0 amide bonds. The van der Waals surface area contributed by atoms with Crippen molar-refractivity contribution in [3.05, 3.63) is 84.0 Å².